The minimum atomic E-state index is -0.108. The van der Waals surface area contributed by atoms with Gasteiger partial charge >= 0.3 is 0 Å². The van der Waals surface area contributed by atoms with Crippen LogP contribution in [0.2, 0.25) is 0 Å². The first kappa shape index (κ1) is 20.5. The number of rotatable bonds is 10. The molecule has 0 aromatic heterocycles. The quantitative estimate of drug-likeness (QED) is 0.644. The SMILES string of the molecule is CC(=O)CCc1ccc(OCC(=O)N(C)CCOc2ccc(C)cc2)cc1. The van der Waals surface area contributed by atoms with Crippen molar-refractivity contribution in [1.29, 1.82) is 0 Å². The highest BCUT2D eigenvalue weighted by atomic mass is 16.5. The number of ether oxygens (including phenoxy) is 2. The Balaban J connectivity index is 1.69. The molecule has 0 aliphatic carbocycles. The van der Waals surface area contributed by atoms with Gasteiger partial charge in [0, 0.05) is 13.5 Å². The van der Waals surface area contributed by atoms with E-state index in [0.29, 0.717) is 25.3 Å². The van der Waals surface area contributed by atoms with Crippen molar-refractivity contribution in [3.05, 3.63) is 59.7 Å². The van der Waals surface area contributed by atoms with E-state index in [1.807, 2.05) is 55.5 Å². The Bertz CT molecular complexity index is 738. The zero-order chi connectivity index (χ0) is 19.6. The fraction of sp³-hybridized carbons (Fsp3) is 0.364. The highest BCUT2D eigenvalue weighted by Crippen LogP contribution is 2.14. The maximum atomic E-state index is 12.2. The zero-order valence-corrected chi connectivity index (χ0v) is 16.2. The smallest absolute Gasteiger partial charge is 0.260 e. The highest BCUT2D eigenvalue weighted by molar-refractivity contribution is 5.77. The van der Waals surface area contributed by atoms with Crippen LogP contribution in [0.4, 0.5) is 0 Å². The first-order valence-corrected chi connectivity index (χ1v) is 9.08. The number of amides is 1. The van der Waals surface area contributed by atoms with E-state index >= 15 is 0 Å². The van der Waals surface area contributed by atoms with Gasteiger partial charge < -0.3 is 19.2 Å². The normalized spacial score (nSPS) is 10.3. The van der Waals surface area contributed by atoms with Gasteiger partial charge in [-0.2, -0.15) is 0 Å². The topological polar surface area (TPSA) is 55.8 Å². The number of carbonyl (C=O) groups is 2. The fourth-order valence-corrected chi connectivity index (χ4v) is 2.39. The van der Waals surface area contributed by atoms with Gasteiger partial charge in [0.25, 0.3) is 5.91 Å². The van der Waals surface area contributed by atoms with Gasteiger partial charge in [-0.1, -0.05) is 29.8 Å². The molecule has 0 saturated heterocycles. The molecular formula is C22H27NO4. The number of hydrogen-bond donors (Lipinski definition) is 0. The van der Waals surface area contributed by atoms with E-state index in [1.54, 1.807) is 18.9 Å². The Kier molecular flexibility index (Phi) is 7.86. The molecular weight excluding hydrogens is 342 g/mol. The third-order valence-electron chi connectivity index (χ3n) is 4.19. The van der Waals surface area contributed by atoms with E-state index in [-0.39, 0.29) is 18.3 Å². The molecule has 5 heteroatoms. The number of carbonyl (C=O) groups excluding carboxylic acids is 2. The van der Waals surface area contributed by atoms with Gasteiger partial charge in [0.15, 0.2) is 6.61 Å². The zero-order valence-electron chi connectivity index (χ0n) is 16.2. The van der Waals surface area contributed by atoms with E-state index in [1.165, 1.54) is 5.56 Å². The lowest BCUT2D eigenvalue weighted by atomic mass is 10.1. The van der Waals surface area contributed by atoms with Gasteiger partial charge in [0.1, 0.15) is 23.9 Å². The molecule has 0 unspecified atom stereocenters. The summed E-state index contributed by atoms with van der Waals surface area (Å²) >= 11 is 0. The average molecular weight is 369 g/mol. The van der Waals surface area contributed by atoms with Crippen LogP contribution in [-0.2, 0) is 16.0 Å². The third kappa shape index (κ3) is 7.52. The molecule has 0 radical (unpaired) electrons. The standard InChI is InChI=1S/C22H27NO4/c1-17-4-10-20(11-5-17)26-15-14-23(3)22(25)16-27-21-12-8-19(9-13-21)7-6-18(2)24/h4-5,8-13H,6-7,14-16H2,1-3H3. The van der Waals surface area contributed by atoms with Crippen molar-refractivity contribution in [1.82, 2.24) is 4.90 Å². The van der Waals surface area contributed by atoms with Crippen LogP contribution in [0.15, 0.2) is 48.5 Å². The molecule has 5 nitrogen and oxygen atoms in total. The molecule has 144 valence electrons. The molecule has 0 N–H and O–H groups in total. The first-order chi connectivity index (χ1) is 12.9. The summed E-state index contributed by atoms with van der Waals surface area (Å²) in [5, 5.41) is 0. The predicted molar refractivity (Wildman–Crippen MR) is 105 cm³/mol. The van der Waals surface area contributed by atoms with Crippen LogP contribution in [0.3, 0.4) is 0 Å². The molecule has 2 aromatic rings. The largest absolute Gasteiger partial charge is 0.492 e. The molecule has 0 heterocycles. The number of likely N-dealkylation sites (N-methyl/N-ethyl adjacent to an activating group) is 1. The summed E-state index contributed by atoms with van der Waals surface area (Å²) in [4.78, 5) is 24.8. The van der Waals surface area contributed by atoms with Gasteiger partial charge in [-0.3, -0.25) is 4.79 Å². The molecule has 0 atom stereocenters. The fourth-order valence-electron chi connectivity index (χ4n) is 2.39. The average Bonchev–Trinajstić information content (AvgIpc) is 2.66. The van der Waals surface area contributed by atoms with Gasteiger partial charge in [0.2, 0.25) is 0 Å². The lowest BCUT2D eigenvalue weighted by molar-refractivity contribution is -0.132. The van der Waals surface area contributed by atoms with Crippen LogP contribution in [0.5, 0.6) is 11.5 Å². The summed E-state index contributed by atoms with van der Waals surface area (Å²) < 4.78 is 11.2. The second-order valence-corrected chi connectivity index (χ2v) is 6.61. The minimum Gasteiger partial charge on any atom is -0.492 e. The van der Waals surface area contributed by atoms with Crippen LogP contribution >= 0.6 is 0 Å². The number of benzene rings is 2. The third-order valence-corrected chi connectivity index (χ3v) is 4.19. The summed E-state index contributed by atoms with van der Waals surface area (Å²) in [7, 11) is 1.73. The molecule has 0 aliphatic rings. The van der Waals surface area contributed by atoms with Crippen molar-refractivity contribution < 1.29 is 19.1 Å². The molecule has 0 fully saturated rings. The Labute approximate surface area is 160 Å². The maximum Gasteiger partial charge on any atom is 0.260 e. The Morgan fingerprint density at radius 3 is 2.15 bits per heavy atom. The Morgan fingerprint density at radius 1 is 0.926 bits per heavy atom. The summed E-state index contributed by atoms with van der Waals surface area (Å²) in [6.45, 7) is 4.51. The molecule has 27 heavy (non-hydrogen) atoms. The number of hydrogen-bond acceptors (Lipinski definition) is 4. The highest BCUT2D eigenvalue weighted by Gasteiger charge is 2.10. The lowest BCUT2D eigenvalue weighted by Crippen LogP contribution is -2.34. The molecule has 2 aromatic carbocycles. The van der Waals surface area contributed by atoms with Crippen LogP contribution in [0, 0.1) is 6.92 Å². The van der Waals surface area contributed by atoms with Crippen molar-refractivity contribution in [3.8, 4) is 11.5 Å². The second-order valence-electron chi connectivity index (χ2n) is 6.61. The maximum absolute atomic E-state index is 12.2. The second kappa shape index (κ2) is 10.4. The summed E-state index contributed by atoms with van der Waals surface area (Å²) in [5.41, 5.74) is 2.26. The van der Waals surface area contributed by atoms with Crippen molar-refractivity contribution in [2.75, 3.05) is 26.8 Å². The van der Waals surface area contributed by atoms with Gasteiger partial charge in [-0.05, 0) is 50.1 Å². The molecule has 1 amide bonds. The van der Waals surface area contributed by atoms with Crippen molar-refractivity contribution in [2.45, 2.75) is 26.7 Å². The van der Waals surface area contributed by atoms with Gasteiger partial charge in [-0.15, -0.1) is 0 Å². The van der Waals surface area contributed by atoms with E-state index in [2.05, 4.69) is 0 Å². The van der Waals surface area contributed by atoms with E-state index in [9.17, 15) is 9.59 Å². The molecule has 0 bridgehead atoms. The molecule has 0 aliphatic heterocycles. The van der Waals surface area contributed by atoms with E-state index in [4.69, 9.17) is 9.47 Å². The number of ketones is 1. The van der Waals surface area contributed by atoms with Crippen molar-refractivity contribution in [2.24, 2.45) is 0 Å². The van der Waals surface area contributed by atoms with Gasteiger partial charge in [0.05, 0.1) is 6.54 Å². The molecule has 0 saturated carbocycles. The minimum absolute atomic E-state index is 0.0200. The molecule has 2 rings (SSSR count). The summed E-state index contributed by atoms with van der Waals surface area (Å²) in [6.07, 6.45) is 1.26. The number of aryl methyl sites for hydroxylation is 2. The Hall–Kier alpha value is -2.82. The number of Topliss-reactive ketones (excluding diaryl/α,β-unsaturated/α-hetero) is 1. The number of nitrogens with zero attached hydrogens (tertiary/aromatic N) is 1. The molecule has 0 spiro atoms. The summed E-state index contributed by atoms with van der Waals surface area (Å²) in [5.74, 6) is 1.50. The van der Waals surface area contributed by atoms with Crippen LogP contribution in [-0.4, -0.2) is 43.4 Å². The summed E-state index contributed by atoms with van der Waals surface area (Å²) in [6, 6.07) is 15.3. The first-order valence-electron chi connectivity index (χ1n) is 9.08. The lowest BCUT2D eigenvalue weighted by Gasteiger charge is -2.18. The monoisotopic (exact) mass is 369 g/mol. The van der Waals surface area contributed by atoms with Crippen LogP contribution < -0.4 is 9.47 Å². The van der Waals surface area contributed by atoms with Gasteiger partial charge in [-0.25, -0.2) is 0 Å². The van der Waals surface area contributed by atoms with Crippen molar-refractivity contribution in [3.63, 3.8) is 0 Å². The van der Waals surface area contributed by atoms with Crippen molar-refractivity contribution >= 4 is 11.7 Å². The van der Waals surface area contributed by atoms with Crippen LogP contribution in [0.1, 0.15) is 24.5 Å². The van der Waals surface area contributed by atoms with Crippen LogP contribution in [0.25, 0.3) is 0 Å². The van der Waals surface area contributed by atoms with E-state index in [0.717, 1.165) is 17.7 Å². The predicted octanol–water partition coefficient (Wildman–Crippen LogP) is 3.43. The Morgan fingerprint density at radius 2 is 1.52 bits per heavy atom. The van der Waals surface area contributed by atoms with E-state index < -0.39 is 0 Å².